The molecular weight excluding hydrogens is 266 g/mol. The molecule has 2 heterocycles. The molecule has 0 saturated heterocycles. The van der Waals surface area contributed by atoms with Gasteiger partial charge in [-0.2, -0.15) is 5.10 Å². The minimum Gasteiger partial charge on any atom is -0.311 e. The van der Waals surface area contributed by atoms with Gasteiger partial charge in [-0.3, -0.25) is 4.68 Å². The standard InChI is InChI=1S/C12H18BrN3/c13-12-10-6-7-14-8-11(10)16(15-12)9-4-2-1-3-5-9/h9,14H,1-8H2. The summed E-state index contributed by atoms with van der Waals surface area (Å²) in [4.78, 5) is 0. The molecule has 0 atom stereocenters. The molecule has 88 valence electrons. The van der Waals surface area contributed by atoms with Crippen LogP contribution in [0.4, 0.5) is 0 Å². The van der Waals surface area contributed by atoms with Gasteiger partial charge in [-0.15, -0.1) is 0 Å². The van der Waals surface area contributed by atoms with Crippen LogP contribution in [0.15, 0.2) is 4.60 Å². The molecule has 1 aliphatic carbocycles. The zero-order valence-corrected chi connectivity index (χ0v) is 11.1. The topological polar surface area (TPSA) is 29.9 Å². The van der Waals surface area contributed by atoms with Gasteiger partial charge in [-0.25, -0.2) is 0 Å². The van der Waals surface area contributed by atoms with E-state index in [0.29, 0.717) is 6.04 Å². The molecule has 3 rings (SSSR count). The lowest BCUT2D eigenvalue weighted by molar-refractivity contribution is 0.318. The largest absolute Gasteiger partial charge is 0.311 e. The van der Waals surface area contributed by atoms with E-state index in [2.05, 4.69) is 25.9 Å². The van der Waals surface area contributed by atoms with E-state index in [9.17, 15) is 0 Å². The zero-order valence-electron chi connectivity index (χ0n) is 9.51. The molecule has 1 N–H and O–H groups in total. The summed E-state index contributed by atoms with van der Waals surface area (Å²) < 4.78 is 3.37. The number of rotatable bonds is 1. The van der Waals surface area contributed by atoms with Crippen LogP contribution >= 0.6 is 15.9 Å². The highest BCUT2D eigenvalue weighted by Crippen LogP contribution is 2.32. The number of nitrogens with one attached hydrogen (secondary N) is 1. The molecule has 0 aromatic carbocycles. The molecule has 0 spiro atoms. The number of halogens is 1. The highest BCUT2D eigenvalue weighted by Gasteiger charge is 2.24. The average molecular weight is 284 g/mol. The van der Waals surface area contributed by atoms with Crippen molar-refractivity contribution in [1.29, 1.82) is 0 Å². The molecular formula is C12H18BrN3. The third kappa shape index (κ3) is 1.82. The molecule has 0 amide bonds. The van der Waals surface area contributed by atoms with Crippen molar-refractivity contribution in [3.63, 3.8) is 0 Å². The quantitative estimate of drug-likeness (QED) is 0.859. The summed E-state index contributed by atoms with van der Waals surface area (Å²) in [6.07, 6.45) is 7.86. The summed E-state index contributed by atoms with van der Waals surface area (Å²) >= 11 is 3.61. The van der Waals surface area contributed by atoms with Gasteiger partial charge in [0.15, 0.2) is 0 Å². The van der Waals surface area contributed by atoms with Crippen molar-refractivity contribution < 1.29 is 0 Å². The first-order valence-electron chi connectivity index (χ1n) is 6.33. The van der Waals surface area contributed by atoms with Gasteiger partial charge in [-0.1, -0.05) is 19.3 Å². The number of aromatic nitrogens is 2. The molecule has 0 unspecified atom stereocenters. The molecule has 4 heteroatoms. The van der Waals surface area contributed by atoms with Crippen molar-refractivity contribution >= 4 is 15.9 Å². The predicted octanol–water partition coefficient (Wildman–Crippen LogP) is 2.80. The molecule has 1 saturated carbocycles. The first-order valence-corrected chi connectivity index (χ1v) is 7.12. The van der Waals surface area contributed by atoms with Crippen molar-refractivity contribution in [3.8, 4) is 0 Å². The lowest BCUT2D eigenvalue weighted by atomic mass is 9.95. The first kappa shape index (κ1) is 10.8. The summed E-state index contributed by atoms with van der Waals surface area (Å²) in [5, 5.41) is 8.16. The van der Waals surface area contributed by atoms with Crippen molar-refractivity contribution in [2.75, 3.05) is 6.54 Å². The van der Waals surface area contributed by atoms with Gasteiger partial charge >= 0.3 is 0 Å². The Morgan fingerprint density at radius 3 is 2.88 bits per heavy atom. The second-order valence-corrected chi connectivity index (χ2v) is 5.63. The number of hydrogen-bond acceptors (Lipinski definition) is 2. The number of hydrogen-bond donors (Lipinski definition) is 1. The lowest BCUT2D eigenvalue weighted by Crippen LogP contribution is -2.27. The number of fused-ring (bicyclic) bond motifs is 1. The Bertz CT molecular complexity index is 380. The molecule has 1 aliphatic heterocycles. The van der Waals surface area contributed by atoms with Gasteiger partial charge in [0.1, 0.15) is 4.60 Å². The van der Waals surface area contributed by atoms with E-state index in [0.717, 1.165) is 24.1 Å². The second-order valence-electron chi connectivity index (χ2n) is 4.88. The van der Waals surface area contributed by atoms with Crippen LogP contribution in [0.5, 0.6) is 0 Å². The maximum Gasteiger partial charge on any atom is 0.131 e. The van der Waals surface area contributed by atoms with Crippen molar-refractivity contribution in [3.05, 3.63) is 15.9 Å². The van der Waals surface area contributed by atoms with Crippen molar-refractivity contribution in [2.45, 2.75) is 51.1 Å². The Morgan fingerprint density at radius 2 is 2.06 bits per heavy atom. The van der Waals surface area contributed by atoms with Crippen LogP contribution in [0.3, 0.4) is 0 Å². The predicted molar refractivity (Wildman–Crippen MR) is 67.5 cm³/mol. The van der Waals surface area contributed by atoms with Crippen LogP contribution in [0.25, 0.3) is 0 Å². The Kier molecular flexibility index (Phi) is 3.03. The van der Waals surface area contributed by atoms with Crippen LogP contribution in [0.2, 0.25) is 0 Å². The van der Waals surface area contributed by atoms with E-state index < -0.39 is 0 Å². The molecule has 0 bridgehead atoms. The van der Waals surface area contributed by atoms with E-state index in [1.54, 1.807) is 0 Å². The summed E-state index contributed by atoms with van der Waals surface area (Å²) in [7, 11) is 0. The van der Waals surface area contributed by atoms with E-state index in [4.69, 9.17) is 5.10 Å². The van der Waals surface area contributed by atoms with E-state index in [-0.39, 0.29) is 0 Å². The molecule has 1 aromatic rings. The minimum absolute atomic E-state index is 0.647. The zero-order chi connectivity index (χ0) is 11.0. The van der Waals surface area contributed by atoms with Crippen LogP contribution in [-0.2, 0) is 13.0 Å². The normalized spacial score (nSPS) is 22.1. The monoisotopic (exact) mass is 283 g/mol. The van der Waals surface area contributed by atoms with Crippen LogP contribution in [0.1, 0.15) is 49.4 Å². The highest BCUT2D eigenvalue weighted by atomic mass is 79.9. The Morgan fingerprint density at radius 1 is 1.25 bits per heavy atom. The fourth-order valence-corrected chi connectivity index (χ4v) is 3.55. The summed E-state index contributed by atoms with van der Waals surface area (Å²) in [5.74, 6) is 0. The van der Waals surface area contributed by atoms with Crippen molar-refractivity contribution in [1.82, 2.24) is 15.1 Å². The average Bonchev–Trinajstić information content (AvgIpc) is 2.69. The van der Waals surface area contributed by atoms with Gasteiger partial charge in [0.2, 0.25) is 0 Å². The highest BCUT2D eigenvalue weighted by molar-refractivity contribution is 9.10. The molecule has 16 heavy (non-hydrogen) atoms. The fraction of sp³-hybridized carbons (Fsp3) is 0.750. The third-order valence-electron chi connectivity index (χ3n) is 3.83. The summed E-state index contributed by atoms with van der Waals surface area (Å²) in [6, 6.07) is 0.647. The Labute approximate surface area is 105 Å². The van der Waals surface area contributed by atoms with Crippen LogP contribution in [0, 0.1) is 0 Å². The van der Waals surface area contributed by atoms with E-state index in [1.807, 2.05) is 0 Å². The maximum absolute atomic E-state index is 4.71. The fourth-order valence-electron chi connectivity index (χ4n) is 2.96. The molecule has 2 aliphatic rings. The van der Waals surface area contributed by atoms with Gasteiger partial charge in [0.25, 0.3) is 0 Å². The van der Waals surface area contributed by atoms with Gasteiger partial charge in [-0.05, 0) is 41.7 Å². The third-order valence-corrected chi connectivity index (χ3v) is 4.47. The van der Waals surface area contributed by atoms with Crippen LogP contribution in [-0.4, -0.2) is 16.3 Å². The second kappa shape index (κ2) is 4.49. The molecule has 1 fully saturated rings. The van der Waals surface area contributed by atoms with Gasteiger partial charge < -0.3 is 5.32 Å². The Hall–Kier alpha value is -0.350. The van der Waals surface area contributed by atoms with Gasteiger partial charge in [0, 0.05) is 12.1 Å². The minimum atomic E-state index is 0.647. The molecule has 1 aromatic heterocycles. The van der Waals surface area contributed by atoms with Crippen LogP contribution < -0.4 is 5.32 Å². The lowest BCUT2D eigenvalue weighted by Gasteiger charge is -2.25. The number of nitrogens with zero attached hydrogens (tertiary/aromatic N) is 2. The Balaban J connectivity index is 1.93. The summed E-state index contributed by atoms with van der Waals surface area (Å²) in [6.45, 7) is 2.08. The van der Waals surface area contributed by atoms with Crippen molar-refractivity contribution in [2.24, 2.45) is 0 Å². The smallest absolute Gasteiger partial charge is 0.131 e. The van der Waals surface area contributed by atoms with E-state index >= 15 is 0 Å². The first-order chi connectivity index (χ1) is 7.86. The molecule has 3 nitrogen and oxygen atoms in total. The van der Waals surface area contributed by atoms with Gasteiger partial charge in [0.05, 0.1) is 11.7 Å². The molecule has 0 radical (unpaired) electrons. The maximum atomic E-state index is 4.71. The van der Waals surface area contributed by atoms with E-state index in [1.165, 1.54) is 43.4 Å². The SMILES string of the molecule is Brc1nn(C2CCCCC2)c2c1CCNC2. The summed E-state index contributed by atoms with van der Waals surface area (Å²) in [5.41, 5.74) is 2.86.